The van der Waals surface area contributed by atoms with Gasteiger partial charge >= 0.3 is 0 Å². The molecule has 0 fully saturated rings. The van der Waals surface area contributed by atoms with Crippen LogP contribution < -0.4 is 4.74 Å². The van der Waals surface area contributed by atoms with Crippen molar-refractivity contribution in [2.24, 2.45) is 0 Å². The van der Waals surface area contributed by atoms with E-state index < -0.39 is 5.60 Å². The minimum atomic E-state index is -1.17. The number of aryl methyl sites for hydroxylation is 1. The molecule has 1 N–H and O–H groups in total. The van der Waals surface area contributed by atoms with Crippen molar-refractivity contribution < 1.29 is 9.84 Å². The molecule has 1 aliphatic rings. The van der Waals surface area contributed by atoms with Crippen molar-refractivity contribution in [1.29, 1.82) is 0 Å². The number of hydrogen-bond acceptors (Lipinski definition) is 3. The van der Waals surface area contributed by atoms with Crippen molar-refractivity contribution in [3.8, 4) is 5.75 Å². The maximum absolute atomic E-state index is 12.0. The van der Waals surface area contributed by atoms with Crippen molar-refractivity contribution in [2.45, 2.75) is 32.0 Å². The molecule has 4 aromatic rings. The van der Waals surface area contributed by atoms with E-state index in [0.29, 0.717) is 18.1 Å². The van der Waals surface area contributed by atoms with Crippen molar-refractivity contribution in [1.82, 2.24) is 4.90 Å². The monoisotopic (exact) mass is 483 g/mol. The normalized spacial score (nSPS) is 14.9. The van der Waals surface area contributed by atoms with Gasteiger partial charge in [0, 0.05) is 31.1 Å². The Balaban J connectivity index is 1.28. The van der Waals surface area contributed by atoms with Crippen molar-refractivity contribution >= 4 is 11.6 Å². The van der Waals surface area contributed by atoms with Crippen LogP contribution in [0.15, 0.2) is 97.1 Å². The van der Waals surface area contributed by atoms with Crippen LogP contribution >= 0.6 is 11.6 Å². The molecular formula is C31H30ClNO2. The van der Waals surface area contributed by atoms with Gasteiger partial charge in [-0.3, -0.25) is 4.90 Å². The minimum absolute atomic E-state index is 0.447. The Morgan fingerprint density at radius 1 is 0.800 bits per heavy atom. The second-order valence-electron chi connectivity index (χ2n) is 9.38. The first-order valence-corrected chi connectivity index (χ1v) is 12.4. The number of hydrogen-bond donors (Lipinski definition) is 1. The quantitative estimate of drug-likeness (QED) is 0.309. The lowest BCUT2D eigenvalue weighted by Crippen LogP contribution is -2.30. The third kappa shape index (κ3) is 5.43. The summed E-state index contributed by atoms with van der Waals surface area (Å²) in [4.78, 5) is 2.40. The molecule has 1 unspecified atom stereocenters. The van der Waals surface area contributed by atoms with Gasteiger partial charge in [0.15, 0.2) is 0 Å². The highest BCUT2D eigenvalue weighted by molar-refractivity contribution is 6.30. The van der Waals surface area contributed by atoms with Crippen LogP contribution in [0, 0.1) is 6.92 Å². The van der Waals surface area contributed by atoms with Crippen LogP contribution in [0.5, 0.6) is 5.75 Å². The number of ether oxygens (including phenoxy) is 1. The fourth-order valence-electron chi connectivity index (χ4n) is 4.78. The topological polar surface area (TPSA) is 32.7 Å². The van der Waals surface area contributed by atoms with E-state index in [1.807, 2.05) is 72.8 Å². The Kier molecular flexibility index (Phi) is 6.92. The van der Waals surface area contributed by atoms with Crippen molar-refractivity contribution in [3.05, 3.63) is 135 Å². The predicted octanol–water partition coefficient (Wildman–Crippen LogP) is 6.52. The smallest absolute Gasteiger partial charge is 0.119 e. The van der Waals surface area contributed by atoms with Gasteiger partial charge in [-0.2, -0.15) is 0 Å². The number of benzene rings is 4. The molecule has 35 heavy (non-hydrogen) atoms. The van der Waals surface area contributed by atoms with E-state index in [9.17, 15) is 5.11 Å². The lowest BCUT2D eigenvalue weighted by molar-refractivity contribution is 0.0810. The first kappa shape index (κ1) is 23.6. The van der Waals surface area contributed by atoms with Gasteiger partial charge in [-0.1, -0.05) is 90.0 Å². The van der Waals surface area contributed by atoms with Crippen LogP contribution in [0.4, 0.5) is 0 Å². The van der Waals surface area contributed by atoms with E-state index in [4.69, 9.17) is 16.3 Å². The highest BCUT2D eigenvalue weighted by Gasteiger charge is 2.32. The maximum Gasteiger partial charge on any atom is 0.119 e. The zero-order valence-electron chi connectivity index (χ0n) is 20.0. The molecule has 0 saturated heterocycles. The molecule has 178 valence electrons. The molecule has 1 heterocycles. The van der Waals surface area contributed by atoms with E-state index in [0.717, 1.165) is 47.6 Å². The molecule has 0 bridgehead atoms. The van der Waals surface area contributed by atoms with Gasteiger partial charge in [-0.25, -0.2) is 0 Å². The summed E-state index contributed by atoms with van der Waals surface area (Å²) in [7, 11) is 0. The predicted molar refractivity (Wildman–Crippen MR) is 142 cm³/mol. The van der Waals surface area contributed by atoms with Gasteiger partial charge in [0.1, 0.15) is 18.0 Å². The molecule has 4 heteroatoms. The molecule has 0 radical (unpaired) electrons. The standard InChI is InChI=1S/C31H30ClNO2/c1-23-6-10-27(11-7-23)31(34,20-24-8-14-29(32)15-9-24)28-12-16-30(17-13-28)35-19-18-33-21-25-4-2-3-5-26(25)22-33/h2-17,34H,18-22H2,1H3. The summed E-state index contributed by atoms with van der Waals surface area (Å²) in [6.07, 6.45) is 0.447. The molecular weight excluding hydrogens is 454 g/mol. The summed E-state index contributed by atoms with van der Waals surface area (Å²) in [5.74, 6) is 0.809. The van der Waals surface area contributed by atoms with Gasteiger partial charge in [-0.05, 0) is 59.0 Å². The molecule has 4 aromatic carbocycles. The molecule has 0 spiro atoms. The summed E-state index contributed by atoms with van der Waals surface area (Å²) < 4.78 is 6.05. The number of halogens is 1. The molecule has 3 nitrogen and oxygen atoms in total. The SMILES string of the molecule is Cc1ccc(C(O)(Cc2ccc(Cl)cc2)c2ccc(OCCN3Cc4ccccc4C3)cc2)cc1. The molecule has 5 rings (SSSR count). The Morgan fingerprint density at radius 2 is 1.37 bits per heavy atom. The van der Waals surface area contributed by atoms with Gasteiger partial charge < -0.3 is 9.84 Å². The molecule has 0 aromatic heterocycles. The first-order valence-electron chi connectivity index (χ1n) is 12.1. The van der Waals surface area contributed by atoms with E-state index >= 15 is 0 Å². The lowest BCUT2D eigenvalue weighted by Gasteiger charge is -2.30. The Labute approximate surface area is 212 Å². The summed E-state index contributed by atoms with van der Waals surface area (Å²) in [5, 5.41) is 12.7. The Bertz CT molecular complexity index is 1240. The number of fused-ring (bicyclic) bond motifs is 1. The zero-order chi connectivity index (χ0) is 24.3. The molecule has 1 atom stereocenters. The second-order valence-corrected chi connectivity index (χ2v) is 9.82. The average molecular weight is 484 g/mol. The van der Waals surface area contributed by atoms with Crippen molar-refractivity contribution in [3.63, 3.8) is 0 Å². The van der Waals surface area contributed by atoms with Gasteiger partial charge in [-0.15, -0.1) is 0 Å². The van der Waals surface area contributed by atoms with Crippen LogP contribution in [0.1, 0.15) is 33.4 Å². The molecule has 0 saturated carbocycles. The van der Waals surface area contributed by atoms with E-state index in [-0.39, 0.29) is 0 Å². The second kappa shape index (κ2) is 10.2. The van der Waals surface area contributed by atoms with Gasteiger partial charge in [0.25, 0.3) is 0 Å². The van der Waals surface area contributed by atoms with Crippen LogP contribution in [0.2, 0.25) is 5.02 Å². The van der Waals surface area contributed by atoms with Gasteiger partial charge in [0.05, 0.1) is 0 Å². The summed E-state index contributed by atoms with van der Waals surface area (Å²) >= 11 is 6.08. The maximum atomic E-state index is 12.0. The lowest BCUT2D eigenvalue weighted by atomic mass is 9.81. The fraction of sp³-hybridized carbons (Fsp3) is 0.226. The van der Waals surface area contributed by atoms with Gasteiger partial charge in [0.2, 0.25) is 0 Å². The minimum Gasteiger partial charge on any atom is -0.492 e. The number of rotatable bonds is 8. The molecule has 1 aliphatic heterocycles. The van der Waals surface area contributed by atoms with E-state index in [1.54, 1.807) is 0 Å². The highest BCUT2D eigenvalue weighted by atomic mass is 35.5. The van der Waals surface area contributed by atoms with E-state index in [1.165, 1.54) is 11.1 Å². The first-order chi connectivity index (χ1) is 17.0. The molecule has 0 amide bonds. The summed E-state index contributed by atoms with van der Waals surface area (Å²) in [6.45, 7) is 5.51. The van der Waals surface area contributed by atoms with Crippen LogP contribution in [-0.4, -0.2) is 23.2 Å². The van der Waals surface area contributed by atoms with Crippen LogP contribution in [-0.2, 0) is 25.1 Å². The highest BCUT2D eigenvalue weighted by Crippen LogP contribution is 2.35. The Hall–Kier alpha value is -3.11. The largest absolute Gasteiger partial charge is 0.492 e. The fourth-order valence-corrected chi connectivity index (χ4v) is 4.91. The third-order valence-corrected chi connectivity index (χ3v) is 7.07. The average Bonchev–Trinajstić information content (AvgIpc) is 3.29. The number of aliphatic hydroxyl groups is 1. The van der Waals surface area contributed by atoms with Crippen molar-refractivity contribution in [2.75, 3.05) is 13.2 Å². The van der Waals surface area contributed by atoms with E-state index in [2.05, 4.69) is 36.1 Å². The summed E-state index contributed by atoms with van der Waals surface area (Å²) in [5.41, 5.74) is 5.53. The van der Waals surface area contributed by atoms with Crippen LogP contribution in [0.25, 0.3) is 0 Å². The van der Waals surface area contributed by atoms with Crippen LogP contribution in [0.3, 0.4) is 0 Å². The number of nitrogens with zero attached hydrogens (tertiary/aromatic N) is 1. The zero-order valence-corrected chi connectivity index (χ0v) is 20.7. The Morgan fingerprint density at radius 3 is 1.97 bits per heavy atom. The summed E-state index contributed by atoms with van der Waals surface area (Å²) in [6, 6.07) is 32.2. The molecule has 0 aliphatic carbocycles. The third-order valence-electron chi connectivity index (χ3n) is 6.82.